The highest BCUT2D eigenvalue weighted by Gasteiger charge is 2.27. The van der Waals surface area contributed by atoms with Crippen LogP contribution in [0.3, 0.4) is 0 Å². The Labute approximate surface area is 136 Å². The van der Waals surface area contributed by atoms with E-state index in [2.05, 4.69) is 17.1 Å². The first-order chi connectivity index (χ1) is 11.3. The van der Waals surface area contributed by atoms with Gasteiger partial charge in [-0.25, -0.2) is 9.78 Å². The number of hydrogen-bond donors (Lipinski definition) is 0. The molecule has 2 heterocycles. The predicted molar refractivity (Wildman–Crippen MR) is 87.7 cm³/mol. The van der Waals surface area contributed by atoms with E-state index in [0.717, 1.165) is 31.5 Å². The summed E-state index contributed by atoms with van der Waals surface area (Å²) in [6.45, 7) is 1.85. The molecule has 1 fully saturated rings. The monoisotopic (exact) mass is 311 g/mol. The van der Waals surface area contributed by atoms with Crippen molar-refractivity contribution < 1.29 is 9.53 Å². The molecular formula is C18H21N3O2. The summed E-state index contributed by atoms with van der Waals surface area (Å²) in [5, 5.41) is 0. The minimum absolute atomic E-state index is 0.127. The number of amides is 1. The molecule has 1 saturated heterocycles. The van der Waals surface area contributed by atoms with Gasteiger partial charge >= 0.3 is 6.09 Å². The molecule has 1 aliphatic heterocycles. The minimum Gasteiger partial charge on any atom is -0.445 e. The SMILES string of the molecule is O=C(OCc1ccccc1)N1CCC[C@H]1/C=C/Cn1ccnc1. The minimum atomic E-state index is -0.233. The van der Waals surface area contributed by atoms with E-state index in [-0.39, 0.29) is 12.1 Å². The first-order valence-corrected chi connectivity index (χ1v) is 7.92. The van der Waals surface area contributed by atoms with E-state index in [9.17, 15) is 4.79 Å². The number of likely N-dealkylation sites (tertiary alicyclic amines) is 1. The van der Waals surface area contributed by atoms with Crippen molar-refractivity contribution >= 4 is 6.09 Å². The first-order valence-electron chi connectivity index (χ1n) is 7.92. The average molecular weight is 311 g/mol. The van der Waals surface area contributed by atoms with E-state index in [1.54, 1.807) is 12.5 Å². The van der Waals surface area contributed by atoms with Gasteiger partial charge in [-0.1, -0.05) is 42.5 Å². The molecule has 0 bridgehead atoms. The van der Waals surface area contributed by atoms with Gasteiger partial charge in [0, 0.05) is 25.5 Å². The maximum atomic E-state index is 12.3. The Balaban J connectivity index is 1.51. The van der Waals surface area contributed by atoms with Crippen molar-refractivity contribution in [2.24, 2.45) is 0 Å². The Morgan fingerprint density at radius 1 is 1.35 bits per heavy atom. The molecule has 1 aromatic heterocycles. The van der Waals surface area contributed by atoms with Crippen LogP contribution >= 0.6 is 0 Å². The standard InChI is InChI=1S/C18H21N3O2/c22-18(23-14-16-6-2-1-3-7-16)21-12-5-9-17(21)8-4-11-20-13-10-19-15-20/h1-4,6-8,10,13,15,17H,5,9,11-12,14H2/b8-4+/t17-/m1/s1. The van der Waals surface area contributed by atoms with Gasteiger partial charge in [0.2, 0.25) is 0 Å². The van der Waals surface area contributed by atoms with Crippen molar-refractivity contribution in [3.8, 4) is 0 Å². The molecule has 0 unspecified atom stereocenters. The Morgan fingerprint density at radius 3 is 3.00 bits per heavy atom. The summed E-state index contributed by atoms with van der Waals surface area (Å²) >= 11 is 0. The van der Waals surface area contributed by atoms with Crippen LogP contribution in [0.15, 0.2) is 61.2 Å². The van der Waals surface area contributed by atoms with Crippen molar-refractivity contribution in [1.29, 1.82) is 0 Å². The summed E-state index contributed by atoms with van der Waals surface area (Å²) in [5.41, 5.74) is 1.01. The zero-order chi connectivity index (χ0) is 15.9. The summed E-state index contributed by atoms with van der Waals surface area (Å²) in [5.74, 6) is 0. The molecule has 23 heavy (non-hydrogen) atoms. The molecule has 5 nitrogen and oxygen atoms in total. The van der Waals surface area contributed by atoms with Crippen molar-refractivity contribution in [2.45, 2.75) is 32.0 Å². The van der Waals surface area contributed by atoms with E-state index in [4.69, 9.17) is 4.74 Å². The molecule has 0 spiro atoms. The van der Waals surface area contributed by atoms with Gasteiger partial charge in [-0.05, 0) is 18.4 Å². The third kappa shape index (κ3) is 4.22. The van der Waals surface area contributed by atoms with Crippen LogP contribution in [-0.2, 0) is 17.9 Å². The fraction of sp³-hybridized carbons (Fsp3) is 0.333. The number of benzene rings is 1. The van der Waals surface area contributed by atoms with E-state index in [1.165, 1.54) is 0 Å². The molecular weight excluding hydrogens is 290 g/mol. The average Bonchev–Trinajstić information content (AvgIpc) is 3.25. The summed E-state index contributed by atoms with van der Waals surface area (Å²) in [4.78, 5) is 18.1. The van der Waals surface area contributed by atoms with Crippen LogP contribution in [-0.4, -0.2) is 33.1 Å². The lowest BCUT2D eigenvalue weighted by Gasteiger charge is -2.21. The number of imidazole rings is 1. The van der Waals surface area contributed by atoms with Gasteiger partial charge in [0.25, 0.3) is 0 Å². The molecule has 0 radical (unpaired) electrons. The number of ether oxygens (including phenoxy) is 1. The normalized spacial score (nSPS) is 17.7. The molecule has 2 aromatic rings. The molecule has 3 rings (SSSR count). The van der Waals surface area contributed by atoms with Crippen molar-refractivity contribution in [3.05, 3.63) is 66.8 Å². The van der Waals surface area contributed by atoms with Crippen molar-refractivity contribution in [1.82, 2.24) is 14.5 Å². The van der Waals surface area contributed by atoms with Crippen LogP contribution in [0.1, 0.15) is 18.4 Å². The van der Waals surface area contributed by atoms with Crippen LogP contribution < -0.4 is 0 Å². The van der Waals surface area contributed by atoms with E-state index in [1.807, 2.05) is 46.0 Å². The second kappa shape index (κ2) is 7.63. The summed E-state index contributed by atoms with van der Waals surface area (Å²) in [7, 11) is 0. The van der Waals surface area contributed by atoms with Crippen LogP contribution in [0.4, 0.5) is 4.79 Å². The highest BCUT2D eigenvalue weighted by Crippen LogP contribution is 2.20. The maximum absolute atomic E-state index is 12.3. The van der Waals surface area contributed by atoms with Crippen LogP contribution in [0.5, 0.6) is 0 Å². The smallest absolute Gasteiger partial charge is 0.410 e. The summed E-state index contributed by atoms with van der Waals surface area (Å²) in [6.07, 6.45) is 11.4. The number of hydrogen-bond acceptors (Lipinski definition) is 3. The fourth-order valence-corrected chi connectivity index (χ4v) is 2.76. The lowest BCUT2D eigenvalue weighted by molar-refractivity contribution is 0.0974. The van der Waals surface area contributed by atoms with E-state index < -0.39 is 0 Å². The largest absolute Gasteiger partial charge is 0.445 e. The molecule has 120 valence electrons. The third-order valence-electron chi connectivity index (χ3n) is 3.97. The van der Waals surface area contributed by atoms with Crippen LogP contribution in [0.25, 0.3) is 0 Å². The van der Waals surface area contributed by atoms with Gasteiger partial charge < -0.3 is 14.2 Å². The van der Waals surface area contributed by atoms with Gasteiger partial charge in [0.1, 0.15) is 6.61 Å². The molecule has 1 aromatic carbocycles. The number of carbonyl (C=O) groups excluding carboxylic acids is 1. The van der Waals surface area contributed by atoms with Crippen molar-refractivity contribution in [2.75, 3.05) is 6.54 Å². The second-order valence-corrected chi connectivity index (χ2v) is 5.63. The lowest BCUT2D eigenvalue weighted by atomic mass is 10.2. The molecule has 5 heteroatoms. The molecule has 1 aliphatic rings. The Morgan fingerprint density at radius 2 is 2.22 bits per heavy atom. The van der Waals surface area contributed by atoms with E-state index >= 15 is 0 Å². The lowest BCUT2D eigenvalue weighted by Crippen LogP contribution is -2.34. The Hall–Kier alpha value is -2.56. The summed E-state index contributed by atoms with van der Waals surface area (Å²) < 4.78 is 7.42. The zero-order valence-electron chi connectivity index (χ0n) is 13.0. The summed E-state index contributed by atoms with van der Waals surface area (Å²) in [6, 6.07) is 9.88. The number of rotatable bonds is 5. The molecule has 0 saturated carbocycles. The Bertz CT molecular complexity index is 638. The maximum Gasteiger partial charge on any atom is 0.410 e. The van der Waals surface area contributed by atoms with Gasteiger partial charge in [-0.15, -0.1) is 0 Å². The number of carbonyl (C=O) groups is 1. The van der Waals surface area contributed by atoms with Crippen LogP contribution in [0, 0.1) is 0 Å². The van der Waals surface area contributed by atoms with Gasteiger partial charge in [0.15, 0.2) is 0 Å². The number of allylic oxidation sites excluding steroid dienone is 1. The topological polar surface area (TPSA) is 47.4 Å². The second-order valence-electron chi connectivity index (χ2n) is 5.63. The molecule has 1 atom stereocenters. The predicted octanol–water partition coefficient (Wildman–Crippen LogP) is 3.24. The molecule has 0 N–H and O–H groups in total. The van der Waals surface area contributed by atoms with Crippen molar-refractivity contribution in [3.63, 3.8) is 0 Å². The fourth-order valence-electron chi connectivity index (χ4n) is 2.76. The highest BCUT2D eigenvalue weighted by atomic mass is 16.6. The number of aromatic nitrogens is 2. The first kappa shape index (κ1) is 15.3. The van der Waals surface area contributed by atoms with Gasteiger partial charge in [-0.3, -0.25) is 0 Å². The molecule has 1 amide bonds. The zero-order valence-corrected chi connectivity index (χ0v) is 13.0. The quantitative estimate of drug-likeness (QED) is 0.796. The van der Waals surface area contributed by atoms with Gasteiger partial charge in [0.05, 0.1) is 12.4 Å². The number of nitrogens with zero attached hydrogens (tertiary/aromatic N) is 3. The van der Waals surface area contributed by atoms with E-state index in [0.29, 0.717) is 6.61 Å². The third-order valence-corrected chi connectivity index (χ3v) is 3.97. The Kier molecular flexibility index (Phi) is 5.09. The van der Waals surface area contributed by atoms with Gasteiger partial charge in [-0.2, -0.15) is 0 Å². The van der Waals surface area contributed by atoms with Crippen LogP contribution in [0.2, 0.25) is 0 Å². The highest BCUT2D eigenvalue weighted by molar-refractivity contribution is 5.68. The molecule has 0 aliphatic carbocycles.